The van der Waals surface area contributed by atoms with Gasteiger partial charge in [-0.1, -0.05) is 154 Å². The first-order valence-corrected chi connectivity index (χ1v) is 19.4. The van der Waals surface area contributed by atoms with E-state index in [0.717, 1.165) is 38.5 Å². The molecule has 47 heavy (non-hydrogen) atoms. The fourth-order valence-corrected chi connectivity index (χ4v) is 6.15. The third-order valence-electron chi connectivity index (χ3n) is 9.36. The Hall–Kier alpha value is -1.07. The molecule has 7 atom stereocenters. The molecule has 0 aromatic heterocycles. The molecule has 1 amide bonds. The normalized spacial score (nSPS) is 22.9. The smallest absolute Gasteiger partial charge is 0.220 e. The van der Waals surface area contributed by atoms with Gasteiger partial charge < -0.3 is 40.3 Å². The summed E-state index contributed by atoms with van der Waals surface area (Å²) in [6.45, 7) is 3.73. The zero-order chi connectivity index (χ0) is 34.5. The molecule has 0 aliphatic carbocycles. The molecule has 0 aromatic rings. The summed E-state index contributed by atoms with van der Waals surface area (Å²) in [4.78, 5) is 12.8. The lowest BCUT2D eigenvalue weighted by Crippen LogP contribution is -2.60. The van der Waals surface area contributed by atoms with Crippen LogP contribution >= 0.6 is 0 Å². The second kappa shape index (κ2) is 29.8. The number of nitrogens with one attached hydrogen (secondary N) is 1. The standard InChI is InChI=1S/C38H73NO8/c1-3-5-7-9-11-13-15-16-17-18-20-22-24-26-28-34(42)39-31(30-46-38-37(45)36(44)35(43)33(29-40)47-38)32(41)27-25-23-21-19-14-12-10-8-6-4-2/h25,27,31-33,35-38,40-41,43-45H,3-24,26,28-30H2,1-2H3,(H,39,42)/b27-25+/t31-,32+,33+,35-,36?,37?,38+/m0/s1. The highest BCUT2D eigenvalue weighted by Gasteiger charge is 2.44. The number of aliphatic hydroxyl groups excluding tert-OH is 5. The van der Waals surface area contributed by atoms with Crippen molar-refractivity contribution in [1.29, 1.82) is 0 Å². The van der Waals surface area contributed by atoms with Gasteiger partial charge in [0.15, 0.2) is 6.29 Å². The number of unbranched alkanes of at least 4 members (excludes halogenated alkanes) is 21. The zero-order valence-corrected chi connectivity index (χ0v) is 30.0. The fourth-order valence-electron chi connectivity index (χ4n) is 6.15. The molecule has 1 heterocycles. The molecular formula is C38H73NO8. The van der Waals surface area contributed by atoms with Crippen LogP contribution in [0.1, 0.15) is 168 Å². The summed E-state index contributed by atoms with van der Waals surface area (Å²) < 4.78 is 11.1. The van der Waals surface area contributed by atoms with Gasteiger partial charge in [-0.2, -0.15) is 0 Å². The summed E-state index contributed by atoms with van der Waals surface area (Å²) in [5, 5.41) is 53.8. The number of hydrogen-bond acceptors (Lipinski definition) is 8. The summed E-state index contributed by atoms with van der Waals surface area (Å²) >= 11 is 0. The lowest BCUT2D eigenvalue weighted by Gasteiger charge is -2.40. The van der Waals surface area contributed by atoms with Crippen molar-refractivity contribution in [3.05, 3.63) is 12.2 Å². The Morgan fingerprint density at radius 2 is 1.17 bits per heavy atom. The molecule has 1 fully saturated rings. The van der Waals surface area contributed by atoms with E-state index in [4.69, 9.17) is 9.47 Å². The lowest BCUT2D eigenvalue weighted by atomic mass is 9.99. The number of carbonyl (C=O) groups excluding carboxylic acids is 1. The molecule has 278 valence electrons. The first-order valence-electron chi connectivity index (χ1n) is 19.4. The Labute approximate surface area is 286 Å². The predicted octanol–water partition coefficient (Wildman–Crippen LogP) is 6.61. The van der Waals surface area contributed by atoms with Crippen LogP contribution in [0.4, 0.5) is 0 Å². The summed E-state index contributed by atoms with van der Waals surface area (Å²) in [5.74, 6) is -0.179. The van der Waals surface area contributed by atoms with Gasteiger partial charge in [-0.25, -0.2) is 0 Å². The maximum atomic E-state index is 12.8. The highest BCUT2D eigenvalue weighted by atomic mass is 16.7. The molecule has 6 N–H and O–H groups in total. The third kappa shape index (κ3) is 21.6. The van der Waals surface area contributed by atoms with Crippen molar-refractivity contribution in [3.63, 3.8) is 0 Å². The highest BCUT2D eigenvalue weighted by molar-refractivity contribution is 5.76. The van der Waals surface area contributed by atoms with Crippen molar-refractivity contribution in [3.8, 4) is 0 Å². The van der Waals surface area contributed by atoms with Crippen molar-refractivity contribution in [2.75, 3.05) is 13.2 Å². The van der Waals surface area contributed by atoms with Crippen LogP contribution in [0.5, 0.6) is 0 Å². The lowest BCUT2D eigenvalue weighted by molar-refractivity contribution is -0.302. The number of allylic oxidation sites excluding steroid dienone is 1. The topological polar surface area (TPSA) is 149 Å². The van der Waals surface area contributed by atoms with Crippen LogP contribution in [0.15, 0.2) is 12.2 Å². The molecule has 9 heteroatoms. The van der Waals surface area contributed by atoms with Crippen molar-refractivity contribution < 1.29 is 39.8 Å². The van der Waals surface area contributed by atoms with E-state index in [1.165, 1.54) is 109 Å². The second-order valence-corrected chi connectivity index (χ2v) is 13.7. The molecular weight excluding hydrogens is 598 g/mol. The molecule has 0 bridgehead atoms. The first-order chi connectivity index (χ1) is 22.8. The van der Waals surface area contributed by atoms with E-state index >= 15 is 0 Å². The van der Waals surface area contributed by atoms with E-state index in [9.17, 15) is 30.3 Å². The average molecular weight is 672 g/mol. The quantitative estimate of drug-likeness (QED) is 0.0357. The summed E-state index contributed by atoms with van der Waals surface area (Å²) in [5.41, 5.74) is 0. The van der Waals surface area contributed by atoms with E-state index in [-0.39, 0.29) is 12.5 Å². The molecule has 1 saturated heterocycles. The Kier molecular flexibility index (Phi) is 27.9. The number of aliphatic hydroxyl groups is 5. The molecule has 0 aromatic carbocycles. The van der Waals surface area contributed by atoms with Crippen LogP contribution in [0.2, 0.25) is 0 Å². The number of amides is 1. The van der Waals surface area contributed by atoms with Gasteiger partial charge in [0, 0.05) is 6.42 Å². The van der Waals surface area contributed by atoms with E-state index in [2.05, 4.69) is 19.2 Å². The Morgan fingerprint density at radius 1 is 0.702 bits per heavy atom. The molecule has 0 spiro atoms. The summed E-state index contributed by atoms with van der Waals surface area (Å²) in [6, 6.07) is -0.795. The van der Waals surface area contributed by atoms with Gasteiger partial charge in [0.25, 0.3) is 0 Å². The number of rotatable bonds is 31. The van der Waals surface area contributed by atoms with Gasteiger partial charge in [0.05, 0.1) is 25.4 Å². The summed E-state index contributed by atoms with van der Waals surface area (Å²) in [7, 11) is 0. The molecule has 0 saturated carbocycles. The highest BCUT2D eigenvalue weighted by Crippen LogP contribution is 2.22. The van der Waals surface area contributed by atoms with Crippen LogP contribution < -0.4 is 5.32 Å². The predicted molar refractivity (Wildman–Crippen MR) is 189 cm³/mol. The van der Waals surface area contributed by atoms with Gasteiger partial charge in [-0.15, -0.1) is 0 Å². The maximum Gasteiger partial charge on any atom is 0.220 e. The van der Waals surface area contributed by atoms with Crippen LogP contribution in [0.25, 0.3) is 0 Å². The van der Waals surface area contributed by atoms with E-state index in [1.54, 1.807) is 6.08 Å². The minimum Gasteiger partial charge on any atom is -0.394 e. The van der Waals surface area contributed by atoms with Crippen molar-refractivity contribution in [1.82, 2.24) is 5.32 Å². The Balaban J connectivity index is 2.43. The maximum absolute atomic E-state index is 12.8. The van der Waals surface area contributed by atoms with Crippen LogP contribution in [0.3, 0.4) is 0 Å². The van der Waals surface area contributed by atoms with Crippen LogP contribution in [-0.4, -0.2) is 87.5 Å². The second-order valence-electron chi connectivity index (χ2n) is 13.7. The molecule has 2 unspecified atom stereocenters. The number of carbonyl (C=O) groups is 1. The van der Waals surface area contributed by atoms with Gasteiger partial charge in [0.2, 0.25) is 5.91 Å². The zero-order valence-electron chi connectivity index (χ0n) is 30.0. The van der Waals surface area contributed by atoms with Crippen molar-refractivity contribution in [2.45, 2.75) is 211 Å². The molecule has 0 radical (unpaired) electrons. The van der Waals surface area contributed by atoms with Crippen molar-refractivity contribution >= 4 is 5.91 Å². The average Bonchev–Trinajstić information content (AvgIpc) is 3.07. The largest absolute Gasteiger partial charge is 0.394 e. The minimum atomic E-state index is -1.56. The fraction of sp³-hybridized carbons (Fsp3) is 0.921. The molecule has 9 nitrogen and oxygen atoms in total. The Morgan fingerprint density at radius 3 is 1.66 bits per heavy atom. The van der Waals surface area contributed by atoms with E-state index < -0.39 is 49.5 Å². The third-order valence-corrected chi connectivity index (χ3v) is 9.36. The number of hydrogen-bond donors (Lipinski definition) is 6. The number of ether oxygens (including phenoxy) is 2. The summed E-state index contributed by atoms with van der Waals surface area (Å²) in [6.07, 6.45) is 24.0. The van der Waals surface area contributed by atoms with E-state index in [0.29, 0.717) is 6.42 Å². The van der Waals surface area contributed by atoms with Gasteiger partial charge in [0.1, 0.15) is 24.4 Å². The van der Waals surface area contributed by atoms with Crippen molar-refractivity contribution in [2.24, 2.45) is 0 Å². The monoisotopic (exact) mass is 672 g/mol. The van der Waals surface area contributed by atoms with E-state index in [1.807, 2.05) is 6.08 Å². The van der Waals surface area contributed by atoms with Gasteiger partial charge in [-0.05, 0) is 19.3 Å². The SMILES string of the molecule is CCCCCCCCCC/C=C/[C@@H](O)[C@H](CO[C@@H]1O[C@H](CO)[C@H](O)C(O)C1O)NC(=O)CCCCCCCCCCCCCCCC. The van der Waals surface area contributed by atoms with Crippen LogP contribution in [-0.2, 0) is 14.3 Å². The molecule has 1 aliphatic rings. The first kappa shape index (κ1) is 44.0. The minimum absolute atomic E-state index is 0.179. The Bertz CT molecular complexity index is 751. The van der Waals surface area contributed by atoms with Crippen LogP contribution in [0, 0.1) is 0 Å². The van der Waals surface area contributed by atoms with Gasteiger partial charge >= 0.3 is 0 Å². The van der Waals surface area contributed by atoms with Gasteiger partial charge in [-0.3, -0.25) is 4.79 Å². The molecule has 1 aliphatic heterocycles. The molecule has 1 rings (SSSR count).